The van der Waals surface area contributed by atoms with Crippen LogP contribution in [0.3, 0.4) is 0 Å². The molecule has 168 valence electrons. The van der Waals surface area contributed by atoms with E-state index in [-0.39, 0.29) is 11.9 Å². The van der Waals surface area contributed by atoms with Gasteiger partial charge in [-0.1, -0.05) is 31.4 Å². The first-order chi connectivity index (χ1) is 14.3. The third-order valence-corrected chi connectivity index (χ3v) is 5.71. The molecule has 1 saturated carbocycles. The lowest BCUT2D eigenvalue weighted by Gasteiger charge is -2.25. The number of esters is 1. The van der Waals surface area contributed by atoms with Crippen LogP contribution in [0.4, 0.5) is 5.69 Å². The van der Waals surface area contributed by atoms with Gasteiger partial charge in [0.1, 0.15) is 5.60 Å². The molecule has 0 aromatic heterocycles. The molecule has 1 aromatic rings. The van der Waals surface area contributed by atoms with Gasteiger partial charge < -0.3 is 15.0 Å². The van der Waals surface area contributed by atoms with Crippen LogP contribution in [0.15, 0.2) is 24.3 Å². The van der Waals surface area contributed by atoms with Gasteiger partial charge in [-0.25, -0.2) is 0 Å². The van der Waals surface area contributed by atoms with E-state index in [4.69, 9.17) is 4.74 Å². The summed E-state index contributed by atoms with van der Waals surface area (Å²) < 4.78 is 5.68. The second-order valence-electron chi connectivity index (χ2n) is 9.75. The predicted molar refractivity (Wildman–Crippen MR) is 122 cm³/mol. The van der Waals surface area contributed by atoms with E-state index >= 15 is 0 Å². The van der Waals surface area contributed by atoms with Crippen LogP contribution < -0.4 is 5.32 Å². The molecule has 0 saturated heterocycles. The molecule has 0 aliphatic heterocycles. The third-order valence-electron chi connectivity index (χ3n) is 5.71. The molecule has 1 amide bonds. The standard InChI is InChI=1S/C25H40N2O3/c1-25(2,3)30-24(29)22(13-9-15-27(4)19-28)16-21-12-8-14-23(17-21)26-18-20-10-6-5-7-11-20/h8,12,14,17,19-20,22,26H,5-7,9-11,13,15-16,18H2,1-4H3. The van der Waals surface area contributed by atoms with Crippen LogP contribution >= 0.6 is 0 Å². The lowest BCUT2D eigenvalue weighted by molar-refractivity contribution is -0.160. The van der Waals surface area contributed by atoms with E-state index in [9.17, 15) is 9.59 Å². The van der Waals surface area contributed by atoms with Crippen molar-refractivity contribution in [3.63, 3.8) is 0 Å². The van der Waals surface area contributed by atoms with Gasteiger partial charge in [-0.2, -0.15) is 0 Å². The maximum atomic E-state index is 12.8. The van der Waals surface area contributed by atoms with Crippen molar-refractivity contribution in [3.8, 4) is 0 Å². The van der Waals surface area contributed by atoms with Gasteiger partial charge in [0.05, 0.1) is 5.92 Å². The van der Waals surface area contributed by atoms with E-state index in [1.165, 1.54) is 32.1 Å². The minimum Gasteiger partial charge on any atom is -0.460 e. The van der Waals surface area contributed by atoms with Gasteiger partial charge >= 0.3 is 5.97 Å². The number of rotatable bonds is 11. The Hall–Kier alpha value is -2.04. The molecule has 5 heteroatoms. The van der Waals surface area contributed by atoms with Crippen molar-refractivity contribution in [2.24, 2.45) is 11.8 Å². The van der Waals surface area contributed by atoms with Crippen LogP contribution in [-0.2, 0) is 20.7 Å². The zero-order chi connectivity index (χ0) is 22.0. The van der Waals surface area contributed by atoms with Gasteiger partial charge in [-0.3, -0.25) is 9.59 Å². The molecule has 0 spiro atoms. The Kier molecular flexibility index (Phi) is 9.67. The van der Waals surface area contributed by atoms with Crippen molar-refractivity contribution in [1.82, 2.24) is 4.90 Å². The monoisotopic (exact) mass is 416 g/mol. The van der Waals surface area contributed by atoms with Gasteiger partial charge in [-0.15, -0.1) is 0 Å². The van der Waals surface area contributed by atoms with Gasteiger partial charge in [0.2, 0.25) is 6.41 Å². The third kappa shape index (κ3) is 9.19. The van der Waals surface area contributed by atoms with Crippen LogP contribution in [0.25, 0.3) is 0 Å². The number of hydrogen-bond acceptors (Lipinski definition) is 4. The Morgan fingerprint density at radius 2 is 2.00 bits per heavy atom. The quantitative estimate of drug-likeness (QED) is 0.405. The molecule has 1 aliphatic rings. The minimum absolute atomic E-state index is 0.156. The number of nitrogens with one attached hydrogen (secondary N) is 1. The zero-order valence-electron chi connectivity index (χ0n) is 19.3. The Bertz CT molecular complexity index is 663. The van der Waals surface area contributed by atoms with Crippen molar-refractivity contribution >= 4 is 18.1 Å². The van der Waals surface area contributed by atoms with Crippen molar-refractivity contribution < 1.29 is 14.3 Å². The highest BCUT2D eigenvalue weighted by atomic mass is 16.6. The minimum atomic E-state index is -0.502. The number of amides is 1. The fourth-order valence-corrected chi connectivity index (χ4v) is 4.07. The summed E-state index contributed by atoms with van der Waals surface area (Å²) >= 11 is 0. The summed E-state index contributed by atoms with van der Waals surface area (Å²) in [6, 6.07) is 8.41. The highest BCUT2D eigenvalue weighted by Crippen LogP contribution is 2.25. The van der Waals surface area contributed by atoms with Crippen molar-refractivity contribution in [1.29, 1.82) is 0 Å². The zero-order valence-corrected chi connectivity index (χ0v) is 19.3. The number of nitrogens with zero attached hydrogens (tertiary/aromatic N) is 1. The van der Waals surface area contributed by atoms with E-state index in [2.05, 4.69) is 29.6 Å². The number of hydrogen-bond donors (Lipinski definition) is 1. The van der Waals surface area contributed by atoms with Crippen LogP contribution in [0.2, 0.25) is 0 Å². The first-order valence-corrected chi connectivity index (χ1v) is 11.5. The van der Waals surface area contributed by atoms with Gasteiger partial charge in [0.15, 0.2) is 0 Å². The first kappa shape index (κ1) is 24.2. The molecule has 1 aromatic carbocycles. The Labute approximate surface area is 182 Å². The first-order valence-electron chi connectivity index (χ1n) is 11.5. The fourth-order valence-electron chi connectivity index (χ4n) is 4.07. The van der Waals surface area contributed by atoms with E-state index in [0.29, 0.717) is 19.4 Å². The fraction of sp³-hybridized carbons (Fsp3) is 0.680. The van der Waals surface area contributed by atoms with E-state index in [1.54, 1.807) is 11.9 Å². The normalized spacial score (nSPS) is 16.0. The van der Waals surface area contributed by atoms with Crippen molar-refractivity contribution in [2.45, 2.75) is 77.7 Å². The number of anilines is 1. The molecule has 5 nitrogen and oxygen atoms in total. The second kappa shape index (κ2) is 12.0. The molecule has 1 atom stereocenters. The van der Waals surface area contributed by atoms with E-state index < -0.39 is 5.60 Å². The maximum Gasteiger partial charge on any atom is 0.309 e. The number of benzene rings is 1. The average Bonchev–Trinajstić information content (AvgIpc) is 2.71. The summed E-state index contributed by atoms with van der Waals surface area (Å²) in [5.41, 5.74) is 1.77. The molecule has 0 radical (unpaired) electrons. The Balaban J connectivity index is 1.98. The number of carbonyl (C=O) groups excluding carboxylic acids is 2. The molecule has 0 heterocycles. The molecule has 2 rings (SSSR count). The van der Waals surface area contributed by atoms with Gasteiger partial charge in [0.25, 0.3) is 0 Å². The number of carbonyl (C=O) groups is 2. The van der Waals surface area contributed by atoms with E-state index in [1.807, 2.05) is 20.8 Å². The molecular weight excluding hydrogens is 376 g/mol. The lowest BCUT2D eigenvalue weighted by Crippen LogP contribution is -2.30. The average molecular weight is 417 g/mol. The summed E-state index contributed by atoms with van der Waals surface area (Å²) in [6.45, 7) is 7.37. The molecule has 1 fully saturated rings. The van der Waals surface area contributed by atoms with Crippen molar-refractivity contribution in [2.75, 3.05) is 25.5 Å². The van der Waals surface area contributed by atoms with Crippen LogP contribution in [0.1, 0.15) is 71.3 Å². The lowest BCUT2D eigenvalue weighted by atomic mass is 9.89. The Morgan fingerprint density at radius 1 is 1.27 bits per heavy atom. The molecule has 1 aliphatic carbocycles. The van der Waals surface area contributed by atoms with Crippen LogP contribution in [0, 0.1) is 11.8 Å². The molecule has 30 heavy (non-hydrogen) atoms. The summed E-state index contributed by atoms with van der Waals surface area (Å²) in [6.07, 6.45) is 9.67. The molecule has 1 N–H and O–H groups in total. The topological polar surface area (TPSA) is 58.6 Å². The molecular formula is C25H40N2O3. The summed E-state index contributed by atoms with van der Waals surface area (Å²) in [5, 5.41) is 3.60. The maximum absolute atomic E-state index is 12.8. The molecule has 1 unspecified atom stereocenters. The van der Waals surface area contributed by atoms with Crippen molar-refractivity contribution in [3.05, 3.63) is 29.8 Å². The van der Waals surface area contributed by atoms with Gasteiger partial charge in [0, 0.05) is 25.8 Å². The van der Waals surface area contributed by atoms with E-state index in [0.717, 1.165) is 36.5 Å². The second-order valence-corrected chi connectivity index (χ2v) is 9.75. The smallest absolute Gasteiger partial charge is 0.309 e. The summed E-state index contributed by atoms with van der Waals surface area (Å²) in [4.78, 5) is 25.3. The summed E-state index contributed by atoms with van der Waals surface area (Å²) in [5.74, 6) is 0.404. The highest BCUT2D eigenvalue weighted by molar-refractivity contribution is 5.73. The van der Waals surface area contributed by atoms with Crippen LogP contribution in [-0.4, -0.2) is 43.0 Å². The largest absolute Gasteiger partial charge is 0.460 e. The Morgan fingerprint density at radius 3 is 2.67 bits per heavy atom. The molecule has 0 bridgehead atoms. The number of ether oxygens (including phenoxy) is 1. The SMILES string of the molecule is CN(C=O)CCCC(Cc1cccc(NCC2CCCCC2)c1)C(=O)OC(C)(C)C. The van der Waals surface area contributed by atoms with Crippen LogP contribution in [0.5, 0.6) is 0 Å². The predicted octanol–water partition coefficient (Wildman–Crippen LogP) is 5.05. The highest BCUT2D eigenvalue weighted by Gasteiger charge is 2.25. The van der Waals surface area contributed by atoms with Gasteiger partial charge in [-0.05, 0) is 76.5 Å². The summed E-state index contributed by atoms with van der Waals surface area (Å²) in [7, 11) is 1.76.